The van der Waals surface area contributed by atoms with Gasteiger partial charge in [0.15, 0.2) is 22.8 Å². The largest absolute Gasteiger partial charge is 0.389 e. The van der Waals surface area contributed by atoms with E-state index in [4.69, 9.17) is 11.6 Å². The summed E-state index contributed by atoms with van der Waals surface area (Å²) in [7, 11) is 3.40. The van der Waals surface area contributed by atoms with Crippen LogP contribution < -0.4 is 10.2 Å². The predicted octanol–water partition coefficient (Wildman–Crippen LogP) is 1.79. The summed E-state index contributed by atoms with van der Waals surface area (Å²) in [5.74, 6) is 3.00. The molecular weight excluding hydrogens is 522 g/mol. The zero-order valence-electron chi connectivity index (χ0n) is 21.9. The van der Waals surface area contributed by atoms with Crippen LogP contribution in [0.2, 0.25) is 5.28 Å². The number of imidazole rings is 1. The number of aliphatic hydroxyl groups is 2. The third-order valence-corrected chi connectivity index (χ3v) is 10.8. The standard InChI is InChI=1S/C26H32ClN9O3/c1-28-23(39)26-9-15(26)18(19(37)20(26)38)35-11-29-17-21(30-24(27)31-22(17)35)34(2)16-10-36(33-32-16)25-6-12-3-13(7-25)5-14(4-12)8-25/h10-15,18-20,37-38H,3-9H2,1-2H3,(H,28,39)/t12?,13?,14?,15-,18-,19+,20+,25?,26+/m1/s1. The fraction of sp³-hybridized carbons (Fsp3) is 0.692. The molecule has 6 aliphatic rings. The fourth-order valence-corrected chi connectivity index (χ4v) is 9.37. The molecule has 0 radical (unpaired) electrons. The summed E-state index contributed by atoms with van der Waals surface area (Å²) in [6.45, 7) is 0. The number of carbonyl (C=O) groups is 1. The molecule has 3 N–H and O–H groups in total. The third kappa shape index (κ3) is 3.13. The number of nitrogens with zero attached hydrogens (tertiary/aromatic N) is 8. The Kier molecular flexibility index (Phi) is 4.85. The number of amides is 1. The molecule has 6 aliphatic carbocycles. The molecule has 4 bridgehead atoms. The van der Waals surface area contributed by atoms with Gasteiger partial charge in [-0.1, -0.05) is 5.21 Å². The van der Waals surface area contributed by atoms with Crippen LogP contribution in [0.1, 0.15) is 51.0 Å². The molecule has 3 aromatic rings. The average molecular weight is 554 g/mol. The number of aromatic nitrogens is 7. The lowest BCUT2D eigenvalue weighted by Gasteiger charge is -2.56. The Morgan fingerprint density at radius 1 is 1.13 bits per heavy atom. The highest BCUT2D eigenvalue weighted by Gasteiger charge is 2.75. The van der Waals surface area contributed by atoms with Crippen molar-refractivity contribution in [3.8, 4) is 0 Å². The van der Waals surface area contributed by atoms with Crippen molar-refractivity contribution in [1.29, 1.82) is 0 Å². The van der Waals surface area contributed by atoms with Crippen molar-refractivity contribution in [3.63, 3.8) is 0 Å². The summed E-state index contributed by atoms with van der Waals surface area (Å²) in [6.07, 6.45) is 9.36. The summed E-state index contributed by atoms with van der Waals surface area (Å²) in [4.78, 5) is 28.0. The predicted molar refractivity (Wildman–Crippen MR) is 140 cm³/mol. The van der Waals surface area contributed by atoms with E-state index < -0.39 is 23.7 Å². The van der Waals surface area contributed by atoms with Crippen LogP contribution in [0.5, 0.6) is 0 Å². The molecule has 12 nitrogen and oxygen atoms in total. The van der Waals surface area contributed by atoms with Crippen molar-refractivity contribution >= 4 is 40.3 Å². The Morgan fingerprint density at radius 2 is 1.82 bits per heavy atom. The minimum Gasteiger partial charge on any atom is -0.389 e. The maximum absolute atomic E-state index is 12.6. The zero-order valence-corrected chi connectivity index (χ0v) is 22.7. The smallest absolute Gasteiger partial charge is 0.229 e. The molecule has 0 unspecified atom stereocenters. The maximum atomic E-state index is 12.6. The van der Waals surface area contributed by atoms with Crippen LogP contribution in [0.4, 0.5) is 11.6 Å². The van der Waals surface area contributed by atoms with E-state index in [1.165, 1.54) is 38.5 Å². The Balaban J connectivity index is 1.14. The first-order chi connectivity index (χ1) is 18.7. The monoisotopic (exact) mass is 553 g/mol. The Bertz CT molecular complexity index is 1470. The fourth-order valence-electron chi connectivity index (χ4n) is 9.21. The van der Waals surface area contributed by atoms with Crippen LogP contribution in [0, 0.1) is 29.1 Å². The highest BCUT2D eigenvalue weighted by molar-refractivity contribution is 6.28. The summed E-state index contributed by atoms with van der Waals surface area (Å²) < 4.78 is 3.83. The molecule has 3 heterocycles. The van der Waals surface area contributed by atoms with Crippen LogP contribution in [0.15, 0.2) is 12.5 Å². The van der Waals surface area contributed by atoms with Crippen molar-refractivity contribution in [2.24, 2.45) is 29.1 Å². The summed E-state index contributed by atoms with van der Waals surface area (Å²) in [5, 5.41) is 33.6. The van der Waals surface area contributed by atoms with E-state index in [9.17, 15) is 15.0 Å². The van der Waals surface area contributed by atoms with Crippen LogP contribution in [0.3, 0.4) is 0 Å². The number of hydrogen-bond donors (Lipinski definition) is 3. The number of hydrogen-bond acceptors (Lipinski definition) is 9. The van der Waals surface area contributed by atoms with E-state index in [2.05, 4.69) is 35.3 Å². The van der Waals surface area contributed by atoms with Crippen molar-refractivity contribution in [1.82, 2.24) is 39.8 Å². The summed E-state index contributed by atoms with van der Waals surface area (Å²) in [6, 6.07) is -0.566. The lowest BCUT2D eigenvalue weighted by Crippen LogP contribution is -2.52. The molecule has 0 saturated heterocycles. The van der Waals surface area contributed by atoms with Gasteiger partial charge in [0, 0.05) is 20.0 Å². The van der Waals surface area contributed by atoms with Crippen molar-refractivity contribution in [2.45, 2.75) is 68.7 Å². The number of nitrogens with one attached hydrogen (secondary N) is 1. The number of halogens is 1. The molecule has 9 rings (SSSR count). The molecule has 6 fully saturated rings. The number of rotatable bonds is 5. The number of aliphatic hydroxyl groups excluding tert-OH is 2. The molecule has 1 amide bonds. The van der Waals surface area contributed by atoms with Gasteiger partial charge < -0.3 is 25.0 Å². The third-order valence-electron chi connectivity index (χ3n) is 10.7. The van der Waals surface area contributed by atoms with Crippen LogP contribution in [0.25, 0.3) is 11.2 Å². The van der Waals surface area contributed by atoms with Gasteiger partial charge >= 0.3 is 0 Å². The van der Waals surface area contributed by atoms with Gasteiger partial charge in [-0.2, -0.15) is 9.97 Å². The van der Waals surface area contributed by atoms with E-state index in [0.29, 0.717) is 29.2 Å². The van der Waals surface area contributed by atoms with E-state index >= 15 is 0 Å². The second-order valence-electron chi connectivity index (χ2n) is 12.7. The first kappa shape index (κ1) is 24.0. The van der Waals surface area contributed by atoms with Gasteiger partial charge in [-0.05, 0) is 74.3 Å². The van der Waals surface area contributed by atoms with E-state index in [0.717, 1.165) is 17.8 Å². The van der Waals surface area contributed by atoms with Crippen LogP contribution in [-0.2, 0) is 10.3 Å². The molecule has 0 aliphatic heterocycles. The Morgan fingerprint density at radius 3 is 2.49 bits per heavy atom. The second-order valence-corrected chi connectivity index (χ2v) is 13.1. The van der Waals surface area contributed by atoms with Gasteiger partial charge in [0.05, 0.1) is 35.6 Å². The first-order valence-corrected chi connectivity index (χ1v) is 14.3. The lowest BCUT2D eigenvalue weighted by atomic mass is 9.53. The number of carbonyl (C=O) groups excluding carboxylic acids is 1. The second kappa shape index (κ2) is 7.88. The minimum absolute atomic E-state index is 0.0287. The van der Waals surface area contributed by atoms with E-state index in [-0.39, 0.29) is 22.6 Å². The molecule has 0 spiro atoms. The van der Waals surface area contributed by atoms with Crippen LogP contribution >= 0.6 is 11.6 Å². The SMILES string of the molecule is CNC(=O)[C@@]12C[C@@H]1[C@@H](n1cnc3c(N(C)c4cn(C56CC7CC(CC(C7)C5)C6)nn4)nc(Cl)nc31)[C@H](O)[C@@H]2O. The maximum Gasteiger partial charge on any atom is 0.229 e. The highest BCUT2D eigenvalue weighted by Crippen LogP contribution is 2.68. The van der Waals surface area contributed by atoms with Gasteiger partial charge in [0.2, 0.25) is 11.2 Å². The molecule has 6 saturated carbocycles. The van der Waals surface area contributed by atoms with Gasteiger partial charge in [-0.15, -0.1) is 5.10 Å². The van der Waals surface area contributed by atoms with Crippen molar-refractivity contribution in [3.05, 3.63) is 17.8 Å². The summed E-state index contributed by atoms with van der Waals surface area (Å²) in [5.41, 5.74) is -0.0174. The number of anilines is 2. The van der Waals surface area contributed by atoms with E-state index in [1.807, 2.05) is 18.1 Å². The van der Waals surface area contributed by atoms with Crippen molar-refractivity contribution < 1.29 is 15.0 Å². The molecular formula is C26H32ClN9O3. The molecule has 5 atom stereocenters. The molecule has 0 aromatic carbocycles. The lowest BCUT2D eigenvalue weighted by molar-refractivity contribution is -0.132. The van der Waals surface area contributed by atoms with Crippen molar-refractivity contribution in [2.75, 3.05) is 19.0 Å². The first-order valence-electron chi connectivity index (χ1n) is 13.9. The molecule has 39 heavy (non-hydrogen) atoms. The van der Waals surface area contributed by atoms with Gasteiger partial charge in [-0.25, -0.2) is 9.67 Å². The van der Waals surface area contributed by atoms with Gasteiger partial charge in [-0.3, -0.25) is 4.79 Å². The van der Waals surface area contributed by atoms with Crippen LogP contribution in [-0.4, -0.2) is 76.9 Å². The van der Waals surface area contributed by atoms with Gasteiger partial charge in [0.1, 0.15) is 6.10 Å². The highest BCUT2D eigenvalue weighted by atomic mass is 35.5. The average Bonchev–Trinajstić information content (AvgIpc) is 3.18. The molecule has 3 aromatic heterocycles. The zero-order chi connectivity index (χ0) is 26.8. The van der Waals surface area contributed by atoms with Gasteiger partial charge in [0.25, 0.3) is 0 Å². The normalized spacial score (nSPS) is 39.8. The number of fused-ring (bicyclic) bond motifs is 2. The molecule has 206 valence electrons. The molecule has 13 heteroatoms. The van der Waals surface area contributed by atoms with E-state index in [1.54, 1.807) is 17.9 Å². The Labute approximate surface area is 229 Å². The minimum atomic E-state index is -1.18. The topological polar surface area (TPSA) is 147 Å². The summed E-state index contributed by atoms with van der Waals surface area (Å²) >= 11 is 6.41. The quantitative estimate of drug-likeness (QED) is 0.402. The Hall–Kier alpha value is -2.83.